The van der Waals surface area contributed by atoms with Crippen LogP contribution in [0.2, 0.25) is 0 Å². The van der Waals surface area contributed by atoms with E-state index in [0.29, 0.717) is 5.75 Å². The maximum atomic E-state index is 5.80. The van der Waals surface area contributed by atoms with Crippen molar-refractivity contribution in [1.29, 1.82) is 0 Å². The molecule has 2 rings (SSSR count). The highest BCUT2D eigenvalue weighted by Gasteiger charge is 2.02. The van der Waals surface area contributed by atoms with Gasteiger partial charge in [0.1, 0.15) is 12.1 Å². The molecule has 82 valence electrons. The van der Waals surface area contributed by atoms with Gasteiger partial charge in [0.15, 0.2) is 5.75 Å². The van der Waals surface area contributed by atoms with Crippen LogP contribution in [-0.4, -0.2) is 9.97 Å². The first-order valence-corrected chi connectivity index (χ1v) is 5.04. The molecule has 0 amide bonds. The number of benzene rings is 1. The number of rotatable bonds is 3. The van der Waals surface area contributed by atoms with E-state index in [1.807, 2.05) is 31.2 Å². The summed E-state index contributed by atoms with van der Waals surface area (Å²) < 4.78 is 5.59. The van der Waals surface area contributed by atoms with Gasteiger partial charge in [0, 0.05) is 6.04 Å². The van der Waals surface area contributed by atoms with Gasteiger partial charge in [-0.15, -0.1) is 0 Å². The minimum absolute atomic E-state index is 0.00410. The van der Waals surface area contributed by atoms with Gasteiger partial charge in [-0.1, -0.05) is 12.1 Å². The van der Waals surface area contributed by atoms with Gasteiger partial charge in [0.05, 0.1) is 12.4 Å². The Hall–Kier alpha value is -1.94. The second kappa shape index (κ2) is 4.72. The second-order valence-electron chi connectivity index (χ2n) is 3.54. The Bertz CT molecular complexity index is 457. The molecule has 1 atom stereocenters. The summed E-state index contributed by atoms with van der Waals surface area (Å²) in [5, 5.41) is 0. The number of hydrogen-bond acceptors (Lipinski definition) is 4. The highest BCUT2D eigenvalue weighted by molar-refractivity contribution is 5.33. The van der Waals surface area contributed by atoms with Gasteiger partial charge in [-0.05, 0) is 24.6 Å². The molecule has 2 N–H and O–H groups in total. The average molecular weight is 215 g/mol. The molecule has 1 unspecified atom stereocenters. The molecule has 0 spiro atoms. The van der Waals surface area contributed by atoms with E-state index in [0.717, 1.165) is 11.3 Å². The maximum absolute atomic E-state index is 5.80. The monoisotopic (exact) mass is 215 g/mol. The first-order valence-electron chi connectivity index (χ1n) is 5.04. The summed E-state index contributed by atoms with van der Waals surface area (Å²) in [6, 6.07) is 7.67. The quantitative estimate of drug-likeness (QED) is 0.853. The molecule has 1 heterocycles. The van der Waals surface area contributed by atoms with E-state index in [-0.39, 0.29) is 6.04 Å². The van der Waals surface area contributed by atoms with Crippen molar-refractivity contribution in [3.8, 4) is 11.5 Å². The van der Waals surface area contributed by atoms with Crippen molar-refractivity contribution in [2.75, 3.05) is 0 Å². The van der Waals surface area contributed by atoms with Crippen LogP contribution >= 0.6 is 0 Å². The van der Waals surface area contributed by atoms with Crippen molar-refractivity contribution >= 4 is 0 Å². The largest absolute Gasteiger partial charge is 0.454 e. The van der Waals surface area contributed by atoms with Crippen LogP contribution in [-0.2, 0) is 0 Å². The van der Waals surface area contributed by atoms with Gasteiger partial charge in [-0.25, -0.2) is 9.97 Å². The van der Waals surface area contributed by atoms with E-state index in [1.165, 1.54) is 6.33 Å². The Balaban J connectivity index is 2.19. The molecule has 0 bridgehead atoms. The van der Waals surface area contributed by atoms with E-state index in [1.54, 1.807) is 12.4 Å². The average Bonchev–Trinajstić information content (AvgIpc) is 2.30. The highest BCUT2D eigenvalue weighted by Crippen LogP contribution is 2.22. The highest BCUT2D eigenvalue weighted by atomic mass is 16.5. The lowest BCUT2D eigenvalue weighted by molar-refractivity contribution is 0.476. The number of nitrogens with two attached hydrogens (primary N) is 1. The van der Waals surface area contributed by atoms with Gasteiger partial charge in [0.2, 0.25) is 0 Å². The third-order valence-electron chi connectivity index (χ3n) is 2.16. The second-order valence-corrected chi connectivity index (χ2v) is 3.54. The summed E-state index contributed by atoms with van der Waals surface area (Å²) in [6.07, 6.45) is 4.70. The van der Waals surface area contributed by atoms with Crippen LogP contribution < -0.4 is 10.5 Å². The van der Waals surface area contributed by atoms with E-state index < -0.39 is 0 Å². The van der Waals surface area contributed by atoms with Crippen LogP contribution in [0.1, 0.15) is 18.5 Å². The molecule has 0 saturated heterocycles. The lowest BCUT2D eigenvalue weighted by atomic mass is 10.1. The van der Waals surface area contributed by atoms with E-state index in [4.69, 9.17) is 10.5 Å². The summed E-state index contributed by atoms with van der Waals surface area (Å²) in [6.45, 7) is 1.94. The minimum Gasteiger partial charge on any atom is -0.454 e. The maximum Gasteiger partial charge on any atom is 0.163 e. The predicted molar refractivity (Wildman–Crippen MR) is 61.2 cm³/mol. The normalized spacial score (nSPS) is 12.1. The zero-order valence-corrected chi connectivity index (χ0v) is 9.00. The molecule has 1 aromatic heterocycles. The number of aromatic nitrogens is 2. The number of ether oxygens (including phenoxy) is 1. The van der Waals surface area contributed by atoms with Crippen LogP contribution in [0.15, 0.2) is 43.0 Å². The molecular weight excluding hydrogens is 202 g/mol. The number of nitrogens with zero attached hydrogens (tertiary/aromatic N) is 2. The van der Waals surface area contributed by atoms with Crippen molar-refractivity contribution in [3.63, 3.8) is 0 Å². The third-order valence-corrected chi connectivity index (χ3v) is 2.16. The first kappa shape index (κ1) is 10.6. The lowest BCUT2D eigenvalue weighted by Crippen LogP contribution is -2.04. The summed E-state index contributed by atoms with van der Waals surface area (Å²) in [4.78, 5) is 7.76. The molecule has 0 aliphatic rings. The summed E-state index contributed by atoms with van der Waals surface area (Å²) >= 11 is 0. The van der Waals surface area contributed by atoms with Crippen molar-refractivity contribution in [2.45, 2.75) is 13.0 Å². The summed E-state index contributed by atoms with van der Waals surface area (Å²) in [7, 11) is 0. The van der Waals surface area contributed by atoms with Gasteiger partial charge >= 0.3 is 0 Å². The smallest absolute Gasteiger partial charge is 0.163 e. The predicted octanol–water partition coefficient (Wildman–Crippen LogP) is 2.29. The van der Waals surface area contributed by atoms with E-state index in [9.17, 15) is 0 Å². The molecule has 16 heavy (non-hydrogen) atoms. The topological polar surface area (TPSA) is 61.0 Å². The Morgan fingerprint density at radius 1 is 1.19 bits per heavy atom. The van der Waals surface area contributed by atoms with Crippen molar-refractivity contribution in [1.82, 2.24) is 9.97 Å². The zero-order chi connectivity index (χ0) is 11.4. The fraction of sp³-hybridized carbons (Fsp3) is 0.167. The van der Waals surface area contributed by atoms with Gasteiger partial charge in [0.25, 0.3) is 0 Å². The Labute approximate surface area is 94.1 Å². The fourth-order valence-corrected chi connectivity index (χ4v) is 1.34. The van der Waals surface area contributed by atoms with Gasteiger partial charge in [-0.3, -0.25) is 0 Å². The van der Waals surface area contributed by atoms with E-state index >= 15 is 0 Å². The zero-order valence-electron chi connectivity index (χ0n) is 9.00. The van der Waals surface area contributed by atoms with E-state index in [2.05, 4.69) is 9.97 Å². The van der Waals surface area contributed by atoms with Gasteiger partial charge in [-0.2, -0.15) is 0 Å². The standard InChI is InChI=1S/C12H13N3O/c1-9(13)10-3-2-4-11(5-10)16-12-6-14-8-15-7-12/h2-9H,13H2,1H3. The fourth-order valence-electron chi connectivity index (χ4n) is 1.34. The molecule has 0 aliphatic carbocycles. The molecule has 4 nitrogen and oxygen atoms in total. The Kier molecular flexibility index (Phi) is 3.12. The SMILES string of the molecule is CC(N)c1cccc(Oc2cncnc2)c1. The van der Waals surface area contributed by atoms with Crippen molar-refractivity contribution < 1.29 is 4.74 Å². The lowest BCUT2D eigenvalue weighted by Gasteiger charge is -2.08. The molecule has 2 aromatic rings. The van der Waals surface area contributed by atoms with Crippen molar-refractivity contribution in [2.24, 2.45) is 5.73 Å². The first-order chi connectivity index (χ1) is 7.75. The Morgan fingerprint density at radius 3 is 2.62 bits per heavy atom. The number of hydrogen-bond donors (Lipinski definition) is 1. The molecular formula is C12H13N3O. The van der Waals surface area contributed by atoms with Crippen LogP contribution in [0.5, 0.6) is 11.5 Å². The molecule has 4 heteroatoms. The van der Waals surface area contributed by atoms with Crippen LogP contribution in [0.25, 0.3) is 0 Å². The third kappa shape index (κ3) is 2.55. The Morgan fingerprint density at radius 2 is 1.94 bits per heavy atom. The van der Waals surface area contributed by atoms with Crippen LogP contribution in [0.3, 0.4) is 0 Å². The van der Waals surface area contributed by atoms with Crippen LogP contribution in [0, 0.1) is 0 Å². The molecule has 0 radical (unpaired) electrons. The molecule has 0 fully saturated rings. The van der Waals surface area contributed by atoms with Crippen LogP contribution in [0.4, 0.5) is 0 Å². The minimum atomic E-state index is -0.00410. The van der Waals surface area contributed by atoms with Crippen molar-refractivity contribution in [3.05, 3.63) is 48.5 Å². The molecule has 0 aliphatic heterocycles. The molecule has 0 saturated carbocycles. The van der Waals surface area contributed by atoms with Gasteiger partial charge < -0.3 is 10.5 Å². The molecule has 1 aromatic carbocycles. The summed E-state index contributed by atoms with van der Waals surface area (Å²) in [5.74, 6) is 1.36. The summed E-state index contributed by atoms with van der Waals surface area (Å²) in [5.41, 5.74) is 6.83.